The molecule has 5 nitrogen and oxygen atoms in total. The third-order valence-electron chi connectivity index (χ3n) is 1.03. The van der Waals surface area contributed by atoms with Gasteiger partial charge >= 0.3 is 5.69 Å². The van der Waals surface area contributed by atoms with Crippen LogP contribution >= 0.6 is 0 Å². The lowest BCUT2D eigenvalue weighted by Crippen LogP contribution is -2.27. The molecular formula is C5H8N4O. The van der Waals surface area contributed by atoms with E-state index in [1.54, 1.807) is 9.69 Å². The molecule has 0 saturated heterocycles. The number of nitrogens with zero attached hydrogens (tertiary/aromatic N) is 4. The highest BCUT2D eigenvalue weighted by molar-refractivity contribution is 4.74. The van der Waals surface area contributed by atoms with Gasteiger partial charge in [-0.05, 0) is 0 Å². The van der Waals surface area contributed by atoms with Crippen LogP contribution in [0.2, 0.25) is 0 Å². The zero-order chi connectivity index (χ0) is 7.56. The normalized spacial score (nSPS) is 9.40. The molecule has 0 amide bonds. The van der Waals surface area contributed by atoms with E-state index in [2.05, 4.69) is 9.97 Å². The second-order valence-corrected chi connectivity index (χ2v) is 2.00. The molecule has 0 fully saturated rings. The molecule has 1 heterocycles. The van der Waals surface area contributed by atoms with E-state index >= 15 is 0 Å². The minimum absolute atomic E-state index is 0.460. The lowest BCUT2D eigenvalue weighted by atomic mass is 11.0. The fourth-order valence-electron chi connectivity index (χ4n) is 0.487. The quantitative estimate of drug-likeness (QED) is 0.493. The average Bonchev–Trinajstić information content (AvgIpc) is 1.88. The summed E-state index contributed by atoms with van der Waals surface area (Å²) in [5, 5.41) is 1.75. The summed E-state index contributed by atoms with van der Waals surface area (Å²) in [5.41, 5.74) is -0.460. The number of rotatable bonds is 1. The maximum Gasteiger partial charge on any atom is 0.369 e. The maximum absolute atomic E-state index is 10.4. The number of hydrogen-bond donors (Lipinski definition) is 0. The van der Waals surface area contributed by atoms with Crippen LogP contribution in [0.5, 0.6) is 0 Å². The summed E-state index contributed by atoms with van der Waals surface area (Å²) < 4.78 is 1.60. The second kappa shape index (κ2) is 2.47. The zero-order valence-corrected chi connectivity index (χ0v) is 5.85. The molecule has 0 aliphatic rings. The third-order valence-corrected chi connectivity index (χ3v) is 1.03. The average molecular weight is 140 g/mol. The molecule has 0 saturated carbocycles. The first kappa shape index (κ1) is 6.73. The molecule has 1 rings (SSSR count). The minimum atomic E-state index is -0.460. The third kappa shape index (κ3) is 1.31. The van der Waals surface area contributed by atoms with Crippen molar-refractivity contribution in [3.05, 3.63) is 23.1 Å². The van der Waals surface area contributed by atoms with Crippen molar-refractivity contribution >= 4 is 0 Å². The first-order chi connectivity index (χ1) is 4.70. The summed E-state index contributed by atoms with van der Waals surface area (Å²) in [6.07, 6.45) is 2.82. The van der Waals surface area contributed by atoms with E-state index in [1.807, 2.05) is 14.1 Å². The van der Waals surface area contributed by atoms with Gasteiger partial charge in [0.25, 0.3) is 0 Å². The largest absolute Gasteiger partial charge is 0.369 e. The molecule has 0 aliphatic carbocycles. The summed E-state index contributed by atoms with van der Waals surface area (Å²) in [6.45, 7) is 0. The molecule has 0 bridgehead atoms. The zero-order valence-electron chi connectivity index (χ0n) is 5.85. The van der Waals surface area contributed by atoms with Crippen LogP contribution in [-0.2, 0) is 0 Å². The summed E-state index contributed by atoms with van der Waals surface area (Å²) >= 11 is 0. The molecule has 10 heavy (non-hydrogen) atoms. The van der Waals surface area contributed by atoms with Crippen molar-refractivity contribution in [1.29, 1.82) is 0 Å². The highest BCUT2D eigenvalue weighted by Crippen LogP contribution is 1.74. The monoisotopic (exact) mass is 140 g/mol. The van der Waals surface area contributed by atoms with Gasteiger partial charge in [-0.15, -0.1) is 0 Å². The van der Waals surface area contributed by atoms with Gasteiger partial charge in [0.05, 0.1) is 0 Å². The Morgan fingerprint density at radius 3 is 2.30 bits per heavy atom. The Hall–Kier alpha value is -1.39. The van der Waals surface area contributed by atoms with Crippen molar-refractivity contribution in [3.63, 3.8) is 0 Å². The smallest absolute Gasteiger partial charge is 0.317 e. The van der Waals surface area contributed by atoms with E-state index in [1.165, 1.54) is 12.7 Å². The van der Waals surface area contributed by atoms with Crippen molar-refractivity contribution < 1.29 is 0 Å². The molecule has 0 unspecified atom stereocenters. The predicted octanol–water partition coefficient (Wildman–Crippen LogP) is -1.16. The Kier molecular flexibility index (Phi) is 1.66. The van der Waals surface area contributed by atoms with Crippen LogP contribution in [0, 0.1) is 0 Å². The maximum atomic E-state index is 10.4. The standard InChI is InChI=1S/C5H8N4O/c1-8(2)9-3-6-5(10)7-4-9/h3-4H,1-2H3. The van der Waals surface area contributed by atoms with E-state index in [-0.39, 0.29) is 0 Å². The van der Waals surface area contributed by atoms with Crippen LogP contribution < -0.4 is 10.7 Å². The first-order valence-corrected chi connectivity index (χ1v) is 2.78. The lowest BCUT2D eigenvalue weighted by molar-refractivity contribution is 0.677. The predicted molar refractivity (Wildman–Crippen MR) is 36.4 cm³/mol. The highest BCUT2D eigenvalue weighted by atomic mass is 16.1. The van der Waals surface area contributed by atoms with E-state index in [0.29, 0.717) is 0 Å². The van der Waals surface area contributed by atoms with E-state index in [9.17, 15) is 4.79 Å². The molecule has 1 aromatic heterocycles. The van der Waals surface area contributed by atoms with Crippen LogP contribution in [0.1, 0.15) is 0 Å². The van der Waals surface area contributed by atoms with Gasteiger partial charge in [-0.3, -0.25) is 0 Å². The SMILES string of the molecule is CN(C)n1cnc(=O)nc1. The molecule has 54 valence electrons. The Bertz CT molecular complexity index is 246. The summed E-state index contributed by atoms with van der Waals surface area (Å²) in [5.74, 6) is 0. The Labute approximate surface area is 57.9 Å². The van der Waals surface area contributed by atoms with Gasteiger partial charge in [-0.1, -0.05) is 0 Å². The van der Waals surface area contributed by atoms with Crippen molar-refractivity contribution in [2.24, 2.45) is 0 Å². The molecule has 0 aromatic carbocycles. The fraction of sp³-hybridized carbons (Fsp3) is 0.400. The topological polar surface area (TPSA) is 51.0 Å². The lowest BCUT2D eigenvalue weighted by Gasteiger charge is -2.13. The highest BCUT2D eigenvalue weighted by Gasteiger charge is 1.88. The van der Waals surface area contributed by atoms with Gasteiger partial charge in [0.2, 0.25) is 0 Å². The van der Waals surface area contributed by atoms with Gasteiger partial charge < -0.3 is 5.01 Å². The van der Waals surface area contributed by atoms with Crippen LogP contribution in [-0.4, -0.2) is 28.7 Å². The Morgan fingerprint density at radius 2 is 1.90 bits per heavy atom. The van der Waals surface area contributed by atoms with Gasteiger partial charge in [0, 0.05) is 14.1 Å². The van der Waals surface area contributed by atoms with Crippen molar-refractivity contribution in [1.82, 2.24) is 14.6 Å². The number of hydrogen-bond acceptors (Lipinski definition) is 4. The van der Waals surface area contributed by atoms with Gasteiger partial charge in [0.15, 0.2) is 0 Å². The molecule has 0 aliphatic heterocycles. The van der Waals surface area contributed by atoms with Gasteiger partial charge in [-0.2, -0.15) is 9.97 Å². The molecular weight excluding hydrogens is 132 g/mol. The fourth-order valence-corrected chi connectivity index (χ4v) is 0.487. The first-order valence-electron chi connectivity index (χ1n) is 2.78. The van der Waals surface area contributed by atoms with Crippen LogP contribution in [0.4, 0.5) is 0 Å². The van der Waals surface area contributed by atoms with Gasteiger partial charge in [0.1, 0.15) is 12.7 Å². The van der Waals surface area contributed by atoms with Crippen molar-refractivity contribution in [3.8, 4) is 0 Å². The Balaban J connectivity index is 3.00. The van der Waals surface area contributed by atoms with E-state index < -0.39 is 5.69 Å². The number of aromatic nitrogens is 3. The molecule has 0 radical (unpaired) electrons. The summed E-state index contributed by atoms with van der Waals surface area (Å²) in [6, 6.07) is 0. The Morgan fingerprint density at radius 1 is 1.40 bits per heavy atom. The van der Waals surface area contributed by atoms with E-state index in [0.717, 1.165) is 0 Å². The molecule has 0 spiro atoms. The molecule has 0 atom stereocenters. The van der Waals surface area contributed by atoms with Crippen LogP contribution in [0.25, 0.3) is 0 Å². The molecule has 5 heteroatoms. The summed E-state index contributed by atoms with van der Waals surface area (Å²) in [7, 11) is 3.65. The van der Waals surface area contributed by atoms with Gasteiger partial charge in [-0.25, -0.2) is 9.47 Å². The molecule has 1 aromatic rings. The van der Waals surface area contributed by atoms with Crippen molar-refractivity contribution in [2.75, 3.05) is 19.1 Å². The molecule has 0 N–H and O–H groups in total. The summed E-state index contributed by atoms with van der Waals surface area (Å²) in [4.78, 5) is 17.3. The minimum Gasteiger partial charge on any atom is -0.317 e. The van der Waals surface area contributed by atoms with Crippen LogP contribution in [0.3, 0.4) is 0 Å². The van der Waals surface area contributed by atoms with Crippen molar-refractivity contribution in [2.45, 2.75) is 0 Å². The van der Waals surface area contributed by atoms with Crippen LogP contribution in [0.15, 0.2) is 17.4 Å². The second-order valence-electron chi connectivity index (χ2n) is 2.00. The van der Waals surface area contributed by atoms with E-state index in [4.69, 9.17) is 0 Å².